The minimum Gasteiger partial charge on any atom is -0.375 e. The molecule has 2 atom stereocenters. The van der Waals surface area contributed by atoms with Crippen LogP contribution in [0.3, 0.4) is 0 Å². The highest BCUT2D eigenvalue weighted by atomic mass is 16.5. The molecule has 0 saturated carbocycles. The van der Waals surface area contributed by atoms with Crippen molar-refractivity contribution in [1.82, 2.24) is 19.9 Å². The molecule has 2 aliphatic rings. The zero-order chi connectivity index (χ0) is 17.9. The van der Waals surface area contributed by atoms with E-state index in [0.29, 0.717) is 30.6 Å². The smallest absolute Gasteiger partial charge is 0.276 e. The Morgan fingerprint density at radius 3 is 2.96 bits per heavy atom. The number of carbonyl (C=O) groups is 1. The number of carbonyl (C=O) groups excluding carboxylic acids is 1. The molecule has 0 radical (unpaired) electrons. The summed E-state index contributed by atoms with van der Waals surface area (Å²) >= 11 is 0. The quantitative estimate of drug-likeness (QED) is 0.836. The third-order valence-corrected chi connectivity index (χ3v) is 5.23. The zero-order valence-corrected chi connectivity index (χ0v) is 15.0. The summed E-state index contributed by atoms with van der Waals surface area (Å²) in [5.74, 6) is 0.599. The van der Waals surface area contributed by atoms with Crippen molar-refractivity contribution in [3.05, 3.63) is 47.6 Å². The van der Waals surface area contributed by atoms with Gasteiger partial charge in [-0.1, -0.05) is 11.2 Å². The van der Waals surface area contributed by atoms with Crippen molar-refractivity contribution in [2.75, 3.05) is 26.2 Å². The number of aryl methyl sites for hydroxylation is 1. The van der Waals surface area contributed by atoms with Gasteiger partial charge in [-0.15, -0.1) is 0 Å². The second-order valence-electron chi connectivity index (χ2n) is 7.00. The number of ether oxygens (including phenoxy) is 1. The lowest BCUT2D eigenvalue weighted by Gasteiger charge is -2.40. The normalized spacial score (nSPS) is 24.1. The van der Waals surface area contributed by atoms with Crippen LogP contribution in [-0.2, 0) is 11.3 Å². The van der Waals surface area contributed by atoms with Gasteiger partial charge < -0.3 is 14.2 Å². The first-order valence-corrected chi connectivity index (χ1v) is 9.18. The van der Waals surface area contributed by atoms with Crippen LogP contribution < -0.4 is 0 Å². The van der Waals surface area contributed by atoms with Gasteiger partial charge in [0.25, 0.3) is 5.91 Å². The molecule has 7 nitrogen and oxygen atoms in total. The molecule has 0 spiro atoms. The fraction of sp³-hybridized carbons (Fsp3) is 0.526. The molecule has 0 unspecified atom stereocenters. The largest absolute Gasteiger partial charge is 0.375 e. The van der Waals surface area contributed by atoms with Crippen molar-refractivity contribution in [1.29, 1.82) is 0 Å². The lowest BCUT2D eigenvalue weighted by molar-refractivity contribution is -0.0746. The van der Waals surface area contributed by atoms with E-state index in [2.05, 4.69) is 21.1 Å². The van der Waals surface area contributed by atoms with Crippen LogP contribution in [0.5, 0.6) is 0 Å². The summed E-state index contributed by atoms with van der Waals surface area (Å²) in [5, 5.41) is 3.87. The van der Waals surface area contributed by atoms with Crippen molar-refractivity contribution in [3.63, 3.8) is 0 Å². The van der Waals surface area contributed by atoms with E-state index in [9.17, 15) is 4.79 Å². The summed E-state index contributed by atoms with van der Waals surface area (Å²) in [5.41, 5.74) is 1.60. The minimum atomic E-state index is -0.0562. The Bertz CT molecular complexity index is 748. The average Bonchev–Trinajstić information content (AvgIpc) is 2.97. The molecule has 2 saturated heterocycles. The second kappa shape index (κ2) is 7.55. The molecule has 4 heterocycles. The van der Waals surface area contributed by atoms with Gasteiger partial charge in [-0.3, -0.25) is 14.7 Å². The Morgan fingerprint density at radius 2 is 2.19 bits per heavy atom. The number of morpholine rings is 1. The van der Waals surface area contributed by atoms with E-state index in [1.807, 2.05) is 17.2 Å². The van der Waals surface area contributed by atoms with Crippen LogP contribution in [0.2, 0.25) is 0 Å². The Balaban J connectivity index is 1.44. The molecule has 138 valence electrons. The molecular formula is C19H24N4O3. The molecule has 7 heteroatoms. The number of hydrogen-bond acceptors (Lipinski definition) is 6. The SMILES string of the molecule is Cc1cc(C(=O)N2CC[C@@H]3[C@@H](CC2)OCCN3Cc2cccnc2)no1. The first kappa shape index (κ1) is 17.2. The molecule has 2 fully saturated rings. The molecule has 0 aromatic carbocycles. The molecule has 0 aliphatic carbocycles. The van der Waals surface area contributed by atoms with Crippen molar-refractivity contribution in [2.24, 2.45) is 0 Å². The number of rotatable bonds is 3. The van der Waals surface area contributed by atoms with Gasteiger partial charge in [0.1, 0.15) is 5.76 Å². The van der Waals surface area contributed by atoms with Crippen molar-refractivity contribution in [2.45, 2.75) is 38.5 Å². The van der Waals surface area contributed by atoms with Crippen LogP contribution in [0.25, 0.3) is 0 Å². The lowest BCUT2D eigenvalue weighted by Crippen LogP contribution is -2.50. The van der Waals surface area contributed by atoms with Gasteiger partial charge in [0.15, 0.2) is 5.69 Å². The van der Waals surface area contributed by atoms with E-state index in [4.69, 9.17) is 9.26 Å². The Kier molecular flexibility index (Phi) is 4.99. The first-order valence-electron chi connectivity index (χ1n) is 9.18. The minimum absolute atomic E-state index is 0.0562. The van der Waals surface area contributed by atoms with E-state index >= 15 is 0 Å². The number of nitrogens with zero attached hydrogens (tertiary/aromatic N) is 4. The summed E-state index contributed by atoms with van der Waals surface area (Å²) in [6, 6.07) is 6.10. The van der Waals surface area contributed by atoms with E-state index in [0.717, 1.165) is 32.5 Å². The third kappa shape index (κ3) is 3.64. The molecule has 4 rings (SSSR count). The molecule has 2 aromatic rings. The molecule has 1 amide bonds. The van der Waals surface area contributed by atoms with Crippen molar-refractivity contribution < 1.29 is 14.1 Å². The summed E-state index contributed by atoms with van der Waals surface area (Å²) < 4.78 is 11.1. The van der Waals surface area contributed by atoms with Gasteiger partial charge in [-0.2, -0.15) is 0 Å². The third-order valence-electron chi connectivity index (χ3n) is 5.23. The van der Waals surface area contributed by atoms with Crippen LogP contribution in [0.1, 0.15) is 34.7 Å². The highest BCUT2D eigenvalue weighted by Crippen LogP contribution is 2.26. The van der Waals surface area contributed by atoms with E-state index in [-0.39, 0.29) is 12.0 Å². The number of likely N-dealkylation sites (tertiary alicyclic amines) is 1. The maximum atomic E-state index is 12.7. The van der Waals surface area contributed by atoms with Gasteiger partial charge in [-0.25, -0.2) is 0 Å². The predicted molar refractivity (Wildman–Crippen MR) is 94.6 cm³/mol. The topological polar surface area (TPSA) is 71.7 Å². The molecular weight excluding hydrogens is 332 g/mol. The summed E-state index contributed by atoms with van der Waals surface area (Å²) in [4.78, 5) is 21.2. The number of aromatic nitrogens is 2. The zero-order valence-electron chi connectivity index (χ0n) is 15.0. The van der Waals surface area contributed by atoms with E-state index in [1.165, 1.54) is 5.56 Å². The molecule has 0 bridgehead atoms. The standard InChI is InChI=1S/C19H24N4O3/c1-14-11-16(21-26-14)19(24)22-7-4-17-18(5-8-22)25-10-9-23(17)13-15-3-2-6-20-12-15/h2-3,6,11-12,17-18H,4-5,7-10,13H2,1H3/t17-,18-/m1/s1. The predicted octanol–water partition coefficient (Wildman–Crippen LogP) is 1.88. The van der Waals surface area contributed by atoms with E-state index < -0.39 is 0 Å². The van der Waals surface area contributed by atoms with Crippen LogP contribution in [0, 0.1) is 6.92 Å². The van der Waals surface area contributed by atoms with Crippen LogP contribution in [-0.4, -0.2) is 64.2 Å². The lowest BCUT2D eigenvalue weighted by atomic mass is 10.0. The van der Waals surface area contributed by atoms with Gasteiger partial charge in [-0.05, 0) is 31.4 Å². The van der Waals surface area contributed by atoms with Crippen molar-refractivity contribution in [3.8, 4) is 0 Å². The number of hydrogen-bond donors (Lipinski definition) is 0. The molecule has 2 aliphatic heterocycles. The summed E-state index contributed by atoms with van der Waals surface area (Å²) in [6.45, 7) is 5.70. The molecule has 26 heavy (non-hydrogen) atoms. The van der Waals surface area contributed by atoms with Gasteiger partial charge in [0, 0.05) is 50.7 Å². The van der Waals surface area contributed by atoms with Crippen LogP contribution in [0.4, 0.5) is 0 Å². The Labute approximate surface area is 152 Å². The van der Waals surface area contributed by atoms with Gasteiger partial charge in [0.2, 0.25) is 0 Å². The number of pyridine rings is 1. The number of fused-ring (bicyclic) bond motifs is 1. The Hall–Kier alpha value is -2.25. The first-order chi connectivity index (χ1) is 12.7. The Morgan fingerprint density at radius 1 is 1.31 bits per heavy atom. The maximum Gasteiger partial charge on any atom is 0.276 e. The van der Waals surface area contributed by atoms with Crippen molar-refractivity contribution >= 4 is 5.91 Å². The summed E-state index contributed by atoms with van der Waals surface area (Å²) in [6.07, 6.45) is 5.62. The highest BCUT2D eigenvalue weighted by molar-refractivity contribution is 5.92. The second-order valence-corrected chi connectivity index (χ2v) is 7.00. The van der Waals surface area contributed by atoms with Gasteiger partial charge >= 0.3 is 0 Å². The fourth-order valence-corrected chi connectivity index (χ4v) is 3.92. The van der Waals surface area contributed by atoms with Gasteiger partial charge in [0.05, 0.1) is 12.7 Å². The monoisotopic (exact) mass is 356 g/mol. The maximum absolute atomic E-state index is 12.7. The van der Waals surface area contributed by atoms with Crippen LogP contribution >= 0.6 is 0 Å². The average molecular weight is 356 g/mol. The number of amides is 1. The summed E-state index contributed by atoms with van der Waals surface area (Å²) in [7, 11) is 0. The highest BCUT2D eigenvalue weighted by Gasteiger charge is 2.36. The molecule has 0 N–H and O–H groups in total. The van der Waals surface area contributed by atoms with Crippen LogP contribution in [0.15, 0.2) is 35.1 Å². The van der Waals surface area contributed by atoms with E-state index in [1.54, 1.807) is 19.2 Å². The fourth-order valence-electron chi connectivity index (χ4n) is 3.92. The molecule has 2 aromatic heterocycles.